The van der Waals surface area contributed by atoms with Gasteiger partial charge in [0.1, 0.15) is 6.42 Å². The highest BCUT2D eigenvalue weighted by atomic mass is 16.2. The number of nitrogens with one attached hydrogen (secondary N) is 1. The Bertz CT molecular complexity index is 561. The lowest BCUT2D eigenvalue weighted by atomic mass is 9.92. The molecular weight excluding hydrogens is 300 g/mol. The van der Waals surface area contributed by atoms with E-state index in [1.165, 1.54) is 6.42 Å². The van der Waals surface area contributed by atoms with E-state index in [0.717, 1.165) is 42.7 Å². The number of para-hydroxylation sites is 1. The Morgan fingerprint density at radius 1 is 1.00 bits per heavy atom. The molecule has 1 aliphatic rings. The minimum Gasteiger partial charge on any atom is -0.342 e. The van der Waals surface area contributed by atoms with Crippen molar-refractivity contribution in [2.45, 2.75) is 65.2 Å². The van der Waals surface area contributed by atoms with E-state index < -0.39 is 0 Å². The maximum atomic E-state index is 12.5. The van der Waals surface area contributed by atoms with Gasteiger partial charge in [-0.25, -0.2) is 0 Å². The van der Waals surface area contributed by atoms with Gasteiger partial charge >= 0.3 is 0 Å². The van der Waals surface area contributed by atoms with Crippen LogP contribution in [0.1, 0.15) is 76.3 Å². The number of amides is 2. The average Bonchev–Trinajstić information content (AvgIpc) is 2.55. The average molecular weight is 330 g/mol. The second-order valence-electron chi connectivity index (χ2n) is 7.29. The van der Waals surface area contributed by atoms with E-state index in [4.69, 9.17) is 0 Å². The van der Waals surface area contributed by atoms with Crippen LogP contribution < -0.4 is 5.32 Å². The minimum absolute atomic E-state index is 0.0553. The molecule has 4 heteroatoms. The molecule has 1 saturated heterocycles. The maximum absolute atomic E-state index is 12.5. The topological polar surface area (TPSA) is 49.4 Å². The van der Waals surface area contributed by atoms with E-state index in [0.29, 0.717) is 11.8 Å². The fraction of sp³-hybridized carbons (Fsp3) is 0.600. The van der Waals surface area contributed by atoms with Crippen LogP contribution in [0.4, 0.5) is 5.69 Å². The normalized spacial score (nSPS) is 15.0. The van der Waals surface area contributed by atoms with Gasteiger partial charge in [-0.05, 0) is 42.2 Å². The van der Waals surface area contributed by atoms with Crippen molar-refractivity contribution in [3.05, 3.63) is 29.3 Å². The predicted molar refractivity (Wildman–Crippen MR) is 98.3 cm³/mol. The van der Waals surface area contributed by atoms with E-state index in [2.05, 4.69) is 45.1 Å². The van der Waals surface area contributed by atoms with Crippen molar-refractivity contribution in [2.24, 2.45) is 0 Å². The Labute approximate surface area is 145 Å². The first-order valence-electron chi connectivity index (χ1n) is 9.10. The van der Waals surface area contributed by atoms with Gasteiger partial charge in [0.2, 0.25) is 11.8 Å². The zero-order valence-electron chi connectivity index (χ0n) is 15.4. The second-order valence-corrected chi connectivity index (χ2v) is 7.29. The molecule has 0 radical (unpaired) electrons. The molecule has 1 aromatic carbocycles. The van der Waals surface area contributed by atoms with E-state index in [-0.39, 0.29) is 18.2 Å². The third-order valence-electron chi connectivity index (χ3n) is 4.66. The summed E-state index contributed by atoms with van der Waals surface area (Å²) in [5.74, 6) is 0.370. The standard InChI is InChI=1S/C20H30N2O2/c1-14(2)16-9-8-10-17(15(3)4)20(16)21-18(23)13-19(24)22-11-6-5-7-12-22/h8-10,14-15H,5-7,11-13H2,1-4H3,(H,21,23). The number of nitrogens with zero attached hydrogens (tertiary/aromatic N) is 1. The number of hydrogen-bond acceptors (Lipinski definition) is 2. The number of likely N-dealkylation sites (tertiary alicyclic amines) is 1. The molecule has 2 rings (SSSR count). The molecule has 0 bridgehead atoms. The zero-order chi connectivity index (χ0) is 17.7. The molecule has 24 heavy (non-hydrogen) atoms. The smallest absolute Gasteiger partial charge is 0.233 e. The lowest BCUT2D eigenvalue weighted by Gasteiger charge is -2.26. The van der Waals surface area contributed by atoms with Crippen LogP contribution in [0.3, 0.4) is 0 Å². The van der Waals surface area contributed by atoms with Crippen LogP contribution in [0.5, 0.6) is 0 Å². The molecule has 0 spiro atoms. The summed E-state index contributed by atoms with van der Waals surface area (Å²) in [6, 6.07) is 6.15. The van der Waals surface area contributed by atoms with E-state index >= 15 is 0 Å². The number of carbonyl (C=O) groups excluding carboxylic acids is 2. The van der Waals surface area contributed by atoms with Crippen LogP contribution in [-0.2, 0) is 9.59 Å². The van der Waals surface area contributed by atoms with Crippen LogP contribution in [-0.4, -0.2) is 29.8 Å². The van der Waals surface area contributed by atoms with Gasteiger partial charge in [-0.15, -0.1) is 0 Å². The van der Waals surface area contributed by atoms with Crippen LogP contribution in [0.15, 0.2) is 18.2 Å². The van der Waals surface area contributed by atoms with Gasteiger partial charge in [-0.2, -0.15) is 0 Å². The summed E-state index contributed by atoms with van der Waals surface area (Å²) in [7, 11) is 0. The first-order chi connectivity index (χ1) is 11.4. The fourth-order valence-electron chi connectivity index (χ4n) is 3.27. The molecule has 1 aliphatic heterocycles. The number of rotatable bonds is 5. The highest BCUT2D eigenvalue weighted by molar-refractivity contribution is 6.04. The number of anilines is 1. The molecule has 0 aromatic heterocycles. The summed E-state index contributed by atoms with van der Waals surface area (Å²) >= 11 is 0. The van der Waals surface area contributed by atoms with Crippen molar-refractivity contribution in [1.82, 2.24) is 4.90 Å². The van der Waals surface area contributed by atoms with Crippen molar-refractivity contribution < 1.29 is 9.59 Å². The van der Waals surface area contributed by atoms with E-state index in [1.54, 1.807) is 0 Å². The Morgan fingerprint density at radius 2 is 1.54 bits per heavy atom. The number of piperidine rings is 1. The molecule has 0 atom stereocenters. The first-order valence-corrected chi connectivity index (χ1v) is 9.10. The summed E-state index contributed by atoms with van der Waals surface area (Å²) in [5.41, 5.74) is 3.14. The van der Waals surface area contributed by atoms with Gasteiger partial charge < -0.3 is 10.2 Å². The molecule has 1 N–H and O–H groups in total. The minimum atomic E-state index is -0.208. The van der Waals surface area contributed by atoms with Crippen molar-refractivity contribution in [1.29, 1.82) is 0 Å². The lowest BCUT2D eigenvalue weighted by molar-refractivity contribution is -0.135. The van der Waals surface area contributed by atoms with Crippen molar-refractivity contribution in [3.63, 3.8) is 0 Å². The molecule has 132 valence electrons. The molecule has 2 amide bonds. The molecule has 0 aliphatic carbocycles. The Hall–Kier alpha value is -1.84. The molecule has 1 fully saturated rings. The van der Waals surface area contributed by atoms with E-state index in [1.807, 2.05) is 11.0 Å². The Morgan fingerprint density at radius 3 is 2.04 bits per heavy atom. The second kappa shape index (κ2) is 8.32. The number of benzene rings is 1. The van der Waals surface area contributed by atoms with Gasteiger partial charge in [0, 0.05) is 18.8 Å². The van der Waals surface area contributed by atoms with Crippen molar-refractivity contribution >= 4 is 17.5 Å². The summed E-state index contributed by atoms with van der Waals surface area (Å²) in [5, 5.41) is 3.03. The van der Waals surface area contributed by atoms with E-state index in [9.17, 15) is 9.59 Å². The molecular formula is C20H30N2O2. The Kier molecular flexibility index (Phi) is 6.41. The third kappa shape index (κ3) is 4.59. The van der Waals surface area contributed by atoms with Gasteiger partial charge in [-0.3, -0.25) is 9.59 Å². The lowest BCUT2D eigenvalue weighted by Crippen LogP contribution is -2.37. The fourth-order valence-corrected chi connectivity index (χ4v) is 3.27. The highest BCUT2D eigenvalue weighted by Gasteiger charge is 2.21. The third-order valence-corrected chi connectivity index (χ3v) is 4.66. The highest BCUT2D eigenvalue weighted by Crippen LogP contribution is 2.32. The van der Waals surface area contributed by atoms with Crippen molar-refractivity contribution in [3.8, 4) is 0 Å². The maximum Gasteiger partial charge on any atom is 0.233 e. The van der Waals surface area contributed by atoms with Crippen LogP contribution in [0, 0.1) is 0 Å². The summed E-state index contributed by atoms with van der Waals surface area (Å²) in [6.07, 6.45) is 3.20. The quantitative estimate of drug-likeness (QED) is 0.819. The first kappa shape index (κ1) is 18.5. The number of carbonyl (C=O) groups is 2. The number of hydrogen-bond donors (Lipinski definition) is 1. The largest absolute Gasteiger partial charge is 0.342 e. The van der Waals surface area contributed by atoms with Gasteiger partial charge in [0.05, 0.1) is 0 Å². The van der Waals surface area contributed by atoms with Gasteiger partial charge in [0.15, 0.2) is 0 Å². The van der Waals surface area contributed by atoms with Crippen LogP contribution in [0.2, 0.25) is 0 Å². The molecule has 1 heterocycles. The van der Waals surface area contributed by atoms with Gasteiger partial charge in [0.25, 0.3) is 0 Å². The van der Waals surface area contributed by atoms with Gasteiger partial charge in [-0.1, -0.05) is 45.9 Å². The summed E-state index contributed by atoms with van der Waals surface area (Å²) < 4.78 is 0. The Balaban J connectivity index is 2.11. The molecule has 0 saturated carbocycles. The molecule has 4 nitrogen and oxygen atoms in total. The predicted octanol–water partition coefficient (Wildman–Crippen LogP) is 4.27. The molecule has 0 unspecified atom stereocenters. The summed E-state index contributed by atoms with van der Waals surface area (Å²) in [6.45, 7) is 10.0. The monoisotopic (exact) mass is 330 g/mol. The van der Waals surface area contributed by atoms with Crippen molar-refractivity contribution in [2.75, 3.05) is 18.4 Å². The van der Waals surface area contributed by atoms with Crippen LogP contribution >= 0.6 is 0 Å². The zero-order valence-corrected chi connectivity index (χ0v) is 15.4. The van der Waals surface area contributed by atoms with Crippen LogP contribution in [0.25, 0.3) is 0 Å². The molecule has 1 aromatic rings. The SMILES string of the molecule is CC(C)c1cccc(C(C)C)c1NC(=O)CC(=O)N1CCCCC1. The summed E-state index contributed by atoms with van der Waals surface area (Å²) in [4.78, 5) is 26.6.